The number of nitrogens with one attached hydrogen (secondary N) is 1. The molecule has 0 atom stereocenters. The molecule has 2 aromatic rings. The van der Waals surface area contributed by atoms with Crippen LogP contribution in [0.25, 0.3) is 5.70 Å². The summed E-state index contributed by atoms with van der Waals surface area (Å²) in [5.74, 6) is 0.720. The van der Waals surface area contributed by atoms with E-state index < -0.39 is 0 Å². The Balaban J connectivity index is 2.03. The van der Waals surface area contributed by atoms with E-state index in [1.165, 1.54) is 4.90 Å². The summed E-state index contributed by atoms with van der Waals surface area (Å²) >= 11 is 12.0. The molecule has 0 saturated heterocycles. The van der Waals surface area contributed by atoms with Crippen molar-refractivity contribution in [2.24, 2.45) is 0 Å². The highest BCUT2D eigenvalue weighted by Gasteiger charge is 2.28. The summed E-state index contributed by atoms with van der Waals surface area (Å²) < 4.78 is 5.51. The first-order valence-corrected chi connectivity index (χ1v) is 7.79. The lowest BCUT2D eigenvalue weighted by molar-refractivity contribution is 0.258. The molecular weight excluding hydrogens is 335 g/mol. The third-order valence-electron chi connectivity index (χ3n) is 3.49. The minimum Gasteiger partial charge on any atom is -0.494 e. The van der Waals surface area contributed by atoms with E-state index in [0.717, 1.165) is 11.3 Å². The molecular formula is C17H14Cl2N2O2. The number of hydrogen-bond donors (Lipinski definition) is 1. The Morgan fingerprint density at radius 2 is 1.96 bits per heavy atom. The molecule has 4 nitrogen and oxygen atoms in total. The Bertz CT molecular complexity index is 805. The zero-order valence-electron chi connectivity index (χ0n) is 12.4. The second kappa shape index (κ2) is 6.14. The number of carbonyl (C=O) groups is 1. The first-order chi connectivity index (χ1) is 11.0. The first-order valence-electron chi connectivity index (χ1n) is 7.03. The molecule has 0 aromatic heterocycles. The van der Waals surface area contributed by atoms with E-state index in [2.05, 4.69) is 11.9 Å². The molecule has 0 radical (unpaired) electrons. The van der Waals surface area contributed by atoms with Crippen LogP contribution in [-0.2, 0) is 0 Å². The van der Waals surface area contributed by atoms with Crippen molar-refractivity contribution in [1.29, 1.82) is 0 Å². The molecule has 0 aliphatic carbocycles. The fraction of sp³-hybridized carbons (Fsp3) is 0.118. The molecule has 6 heteroatoms. The fourth-order valence-corrected chi connectivity index (χ4v) is 2.73. The number of fused-ring (bicyclic) bond motifs is 1. The Labute approximate surface area is 144 Å². The standard InChI is InChI=1S/C17H14Cl2N2O2/c1-3-23-12-5-7-16-13(9-12)10(2)21(17(22)20-16)11-4-6-14(18)15(19)8-11/h4-9H,2-3H2,1H3,(H,20,22). The molecule has 0 spiro atoms. The highest BCUT2D eigenvalue weighted by Crippen LogP contribution is 2.38. The average molecular weight is 349 g/mol. The number of nitrogens with zero attached hydrogens (tertiary/aromatic N) is 1. The third kappa shape index (κ3) is 2.87. The zero-order chi connectivity index (χ0) is 16.6. The van der Waals surface area contributed by atoms with Crippen LogP contribution in [0.4, 0.5) is 16.2 Å². The number of rotatable bonds is 3. The fourth-order valence-electron chi connectivity index (χ4n) is 2.44. The van der Waals surface area contributed by atoms with Crippen LogP contribution < -0.4 is 15.0 Å². The Morgan fingerprint density at radius 1 is 1.17 bits per heavy atom. The molecule has 2 amide bonds. The molecule has 3 rings (SSSR count). The molecule has 1 heterocycles. The largest absolute Gasteiger partial charge is 0.494 e. The SMILES string of the molecule is C=C1c2cc(OCC)ccc2NC(=O)N1c1ccc(Cl)c(Cl)c1. The number of halogens is 2. The van der Waals surface area contributed by atoms with Gasteiger partial charge >= 0.3 is 6.03 Å². The highest BCUT2D eigenvalue weighted by atomic mass is 35.5. The number of anilines is 2. The van der Waals surface area contributed by atoms with E-state index in [4.69, 9.17) is 27.9 Å². The molecule has 0 bridgehead atoms. The van der Waals surface area contributed by atoms with Crippen LogP contribution >= 0.6 is 23.2 Å². The summed E-state index contributed by atoms with van der Waals surface area (Å²) in [6.45, 7) is 6.53. The van der Waals surface area contributed by atoms with Gasteiger partial charge in [0, 0.05) is 5.56 Å². The Hall–Kier alpha value is -2.17. The Morgan fingerprint density at radius 3 is 2.65 bits per heavy atom. The number of ether oxygens (including phenoxy) is 1. The second-order valence-corrected chi connectivity index (χ2v) is 5.77. The number of urea groups is 1. The number of amides is 2. The van der Waals surface area contributed by atoms with Gasteiger partial charge in [0.1, 0.15) is 5.75 Å². The molecule has 118 valence electrons. The van der Waals surface area contributed by atoms with Gasteiger partial charge in [-0.25, -0.2) is 4.79 Å². The van der Waals surface area contributed by atoms with Gasteiger partial charge in [-0.3, -0.25) is 4.90 Å². The summed E-state index contributed by atoms with van der Waals surface area (Å²) in [6.07, 6.45) is 0. The van der Waals surface area contributed by atoms with Gasteiger partial charge in [-0.05, 0) is 43.3 Å². The van der Waals surface area contributed by atoms with E-state index in [9.17, 15) is 4.79 Å². The highest BCUT2D eigenvalue weighted by molar-refractivity contribution is 6.42. The lowest BCUT2D eigenvalue weighted by atomic mass is 10.1. The van der Waals surface area contributed by atoms with Gasteiger partial charge in [-0.15, -0.1) is 0 Å². The summed E-state index contributed by atoms with van der Waals surface area (Å²) in [7, 11) is 0. The summed E-state index contributed by atoms with van der Waals surface area (Å²) in [5.41, 5.74) is 2.62. The molecule has 0 unspecified atom stereocenters. The van der Waals surface area contributed by atoms with Crippen molar-refractivity contribution in [3.05, 3.63) is 58.6 Å². The number of benzene rings is 2. The minimum atomic E-state index is -0.301. The predicted octanol–water partition coefficient (Wildman–Crippen LogP) is 5.41. The van der Waals surface area contributed by atoms with Gasteiger partial charge in [0.2, 0.25) is 0 Å². The maximum absolute atomic E-state index is 12.4. The molecule has 23 heavy (non-hydrogen) atoms. The second-order valence-electron chi connectivity index (χ2n) is 4.95. The van der Waals surface area contributed by atoms with Gasteiger partial charge in [0.25, 0.3) is 0 Å². The average Bonchev–Trinajstić information content (AvgIpc) is 2.52. The molecule has 2 aromatic carbocycles. The van der Waals surface area contributed by atoms with Crippen LogP contribution in [0, 0.1) is 0 Å². The van der Waals surface area contributed by atoms with Crippen LogP contribution in [0.15, 0.2) is 43.0 Å². The van der Waals surface area contributed by atoms with E-state index >= 15 is 0 Å². The maximum atomic E-state index is 12.4. The van der Waals surface area contributed by atoms with E-state index in [-0.39, 0.29) is 6.03 Å². The molecule has 1 N–H and O–H groups in total. The molecule has 1 aliphatic heterocycles. The van der Waals surface area contributed by atoms with Crippen molar-refractivity contribution >= 4 is 46.3 Å². The van der Waals surface area contributed by atoms with Crippen molar-refractivity contribution < 1.29 is 9.53 Å². The van der Waals surface area contributed by atoms with Gasteiger partial charge in [0.05, 0.1) is 33.7 Å². The maximum Gasteiger partial charge on any atom is 0.330 e. The monoisotopic (exact) mass is 348 g/mol. The van der Waals surface area contributed by atoms with Crippen LogP contribution in [0.5, 0.6) is 5.75 Å². The smallest absolute Gasteiger partial charge is 0.330 e. The summed E-state index contributed by atoms with van der Waals surface area (Å²) in [5, 5.41) is 3.64. The van der Waals surface area contributed by atoms with Crippen LogP contribution in [0.3, 0.4) is 0 Å². The predicted molar refractivity (Wildman–Crippen MR) is 94.6 cm³/mol. The topological polar surface area (TPSA) is 41.6 Å². The number of carbonyl (C=O) groups excluding carboxylic acids is 1. The Kier molecular flexibility index (Phi) is 4.20. The van der Waals surface area contributed by atoms with Crippen LogP contribution in [0.2, 0.25) is 10.0 Å². The summed E-state index contributed by atoms with van der Waals surface area (Å²) in [4.78, 5) is 13.9. The normalized spacial score (nSPS) is 13.6. The van der Waals surface area contributed by atoms with Gasteiger partial charge in [-0.2, -0.15) is 0 Å². The molecule has 1 aliphatic rings. The van der Waals surface area contributed by atoms with E-state index in [1.54, 1.807) is 24.3 Å². The van der Waals surface area contributed by atoms with Crippen LogP contribution in [-0.4, -0.2) is 12.6 Å². The van der Waals surface area contributed by atoms with Crippen molar-refractivity contribution in [2.45, 2.75) is 6.92 Å². The van der Waals surface area contributed by atoms with Crippen molar-refractivity contribution in [2.75, 3.05) is 16.8 Å². The van der Waals surface area contributed by atoms with Crippen molar-refractivity contribution in [1.82, 2.24) is 0 Å². The quantitative estimate of drug-likeness (QED) is 0.804. The third-order valence-corrected chi connectivity index (χ3v) is 4.23. The van der Waals surface area contributed by atoms with Crippen molar-refractivity contribution in [3.8, 4) is 5.75 Å². The van der Waals surface area contributed by atoms with Crippen molar-refractivity contribution in [3.63, 3.8) is 0 Å². The summed E-state index contributed by atoms with van der Waals surface area (Å²) in [6, 6.07) is 10.2. The molecule has 0 saturated carbocycles. The molecule has 0 fully saturated rings. The van der Waals surface area contributed by atoms with Gasteiger partial charge < -0.3 is 10.1 Å². The van der Waals surface area contributed by atoms with Crippen LogP contribution in [0.1, 0.15) is 12.5 Å². The lowest BCUT2D eigenvalue weighted by Gasteiger charge is -2.31. The minimum absolute atomic E-state index is 0.301. The van der Waals surface area contributed by atoms with Gasteiger partial charge in [-0.1, -0.05) is 29.8 Å². The number of hydrogen-bond acceptors (Lipinski definition) is 2. The lowest BCUT2D eigenvalue weighted by Crippen LogP contribution is -2.37. The van der Waals surface area contributed by atoms with E-state index in [1.807, 2.05) is 19.1 Å². The van der Waals surface area contributed by atoms with Gasteiger partial charge in [0.15, 0.2) is 0 Å². The van der Waals surface area contributed by atoms with E-state index in [0.29, 0.717) is 33.7 Å². The first kappa shape index (κ1) is 15.7. The zero-order valence-corrected chi connectivity index (χ0v) is 13.9.